The highest BCUT2D eigenvalue weighted by Crippen LogP contribution is 2.14. The number of rotatable bonds is 5. The highest BCUT2D eigenvalue weighted by molar-refractivity contribution is 7.09. The molecule has 2 rings (SSSR count). The Labute approximate surface area is 113 Å². The molecular weight excluding hydrogens is 244 g/mol. The van der Waals surface area contributed by atoms with Crippen LogP contribution in [-0.4, -0.2) is 37.0 Å². The minimum Gasteiger partial charge on any atom is -0.355 e. The Morgan fingerprint density at radius 2 is 2.50 bits per heavy atom. The van der Waals surface area contributed by atoms with Crippen molar-refractivity contribution in [2.45, 2.75) is 26.2 Å². The molecule has 2 heterocycles. The first kappa shape index (κ1) is 13.6. The molecule has 1 saturated heterocycles. The Morgan fingerprint density at radius 1 is 1.61 bits per heavy atom. The van der Waals surface area contributed by atoms with Crippen LogP contribution < -0.4 is 5.32 Å². The average molecular weight is 266 g/mol. The maximum absolute atomic E-state index is 11.8. The Kier molecular flexibility index (Phi) is 5.20. The zero-order valence-corrected chi connectivity index (χ0v) is 11.8. The summed E-state index contributed by atoms with van der Waals surface area (Å²) >= 11 is 1.75. The predicted molar refractivity (Wildman–Crippen MR) is 75.9 cm³/mol. The summed E-state index contributed by atoms with van der Waals surface area (Å²) in [7, 11) is 0. The number of amides is 1. The summed E-state index contributed by atoms with van der Waals surface area (Å²) in [5, 5.41) is 5.08. The van der Waals surface area contributed by atoms with Gasteiger partial charge in [0, 0.05) is 18.0 Å². The van der Waals surface area contributed by atoms with Gasteiger partial charge in [-0.05, 0) is 43.2 Å². The van der Waals surface area contributed by atoms with Crippen molar-refractivity contribution >= 4 is 17.2 Å². The quantitative estimate of drug-likeness (QED) is 0.885. The number of thiophene rings is 1. The van der Waals surface area contributed by atoms with E-state index in [1.54, 1.807) is 11.3 Å². The van der Waals surface area contributed by atoms with Crippen molar-refractivity contribution in [3.63, 3.8) is 0 Å². The fourth-order valence-electron chi connectivity index (χ4n) is 2.47. The van der Waals surface area contributed by atoms with E-state index < -0.39 is 0 Å². The Morgan fingerprint density at radius 3 is 3.22 bits per heavy atom. The zero-order valence-electron chi connectivity index (χ0n) is 11.0. The van der Waals surface area contributed by atoms with Crippen LogP contribution in [-0.2, 0) is 11.2 Å². The molecule has 1 N–H and O–H groups in total. The third kappa shape index (κ3) is 4.42. The standard InChI is InChI=1S/C14H22N2OS/c1-12-4-2-8-16(10-12)11-14(17)15-7-6-13-5-3-9-18-13/h3,5,9,12H,2,4,6-8,10-11H2,1H3,(H,15,17). The molecule has 1 unspecified atom stereocenters. The molecule has 1 aromatic rings. The van der Waals surface area contributed by atoms with Gasteiger partial charge in [-0.25, -0.2) is 0 Å². The van der Waals surface area contributed by atoms with Crippen LogP contribution in [0, 0.1) is 5.92 Å². The van der Waals surface area contributed by atoms with E-state index in [2.05, 4.69) is 34.7 Å². The van der Waals surface area contributed by atoms with Crippen LogP contribution in [0.5, 0.6) is 0 Å². The Balaban J connectivity index is 1.62. The maximum Gasteiger partial charge on any atom is 0.234 e. The minimum atomic E-state index is 0.167. The van der Waals surface area contributed by atoms with Crippen LogP contribution in [0.1, 0.15) is 24.6 Å². The van der Waals surface area contributed by atoms with Crippen molar-refractivity contribution in [3.8, 4) is 0 Å². The maximum atomic E-state index is 11.8. The lowest BCUT2D eigenvalue weighted by molar-refractivity contribution is -0.122. The van der Waals surface area contributed by atoms with Gasteiger partial charge in [-0.3, -0.25) is 9.69 Å². The van der Waals surface area contributed by atoms with Crippen LogP contribution in [0.3, 0.4) is 0 Å². The first-order chi connectivity index (χ1) is 8.74. The van der Waals surface area contributed by atoms with E-state index in [-0.39, 0.29) is 5.91 Å². The zero-order chi connectivity index (χ0) is 12.8. The van der Waals surface area contributed by atoms with Crippen molar-refractivity contribution in [1.82, 2.24) is 10.2 Å². The van der Waals surface area contributed by atoms with Crippen LogP contribution in [0.25, 0.3) is 0 Å². The SMILES string of the molecule is CC1CCCN(CC(=O)NCCc2cccs2)C1. The lowest BCUT2D eigenvalue weighted by Crippen LogP contribution is -2.42. The summed E-state index contributed by atoms with van der Waals surface area (Å²) in [5.41, 5.74) is 0. The van der Waals surface area contributed by atoms with Crippen LogP contribution in [0.2, 0.25) is 0 Å². The Hall–Kier alpha value is -0.870. The van der Waals surface area contributed by atoms with Crippen LogP contribution in [0.4, 0.5) is 0 Å². The van der Waals surface area contributed by atoms with Crippen molar-refractivity contribution in [1.29, 1.82) is 0 Å². The fraction of sp³-hybridized carbons (Fsp3) is 0.643. The number of carbonyl (C=O) groups is 1. The van der Waals surface area contributed by atoms with Gasteiger partial charge in [-0.15, -0.1) is 11.3 Å². The van der Waals surface area contributed by atoms with Crippen molar-refractivity contribution in [2.24, 2.45) is 5.92 Å². The molecule has 0 aliphatic carbocycles. The monoisotopic (exact) mass is 266 g/mol. The molecule has 1 aromatic heterocycles. The molecule has 100 valence electrons. The van der Waals surface area contributed by atoms with Gasteiger partial charge in [-0.1, -0.05) is 13.0 Å². The van der Waals surface area contributed by atoms with Gasteiger partial charge in [0.2, 0.25) is 5.91 Å². The molecule has 1 atom stereocenters. The second-order valence-electron chi connectivity index (χ2n) is 5.16. The van der Waals surface area contributed by atoms with Gasteiger partial charge in [-0.2, -0.15) is 0 Å². The summed E-state index contributed by atoms with van der Waals surface area (Å²) in [6.07, 6.45) is 3.47. The summed E-state index contributed by atoms with van der Waals surface area (Å²) < 4.78 is 0. The highest BCUT2D eigenvalue weighted by atomic mass is 32.1. The van der Waals surface area contributed by atoms with Gasteiger partial charge in [0.25, 0.3) is 0 Å². The molecule has 0 aromatic carbocycles. The van der Waals surface area contributed by atoms with Crippen molar-refractivity contribution in [3.05, 3.63) is 22.4 Å². The molecule has 0 radical (unpaired) electrons. The van der Waals surface area contributed by atoms with Crippen molar-refractivity contribution in [2.75, 3.05) is 26.2 Å². The third-order valence-corrected chi connectivity index (χ3v) is 4.32. The van der Waals surface area contributed by atoms with Crippen molar-refractivity contribution < 1.29 is 4.79 Å². The summed E-state index contributed by atoms with van der Waals surface area (Å²) in [6, 6.07) is 4.17. The lowest BCUT2D eigenvalue weighted by Gasteiger charge is -2.30. The summed E-state index contributed by atoms with van der Waals surface area (Å²) in [6.45, 7) is 5.72. The predicted octanol–water partition coefficient (Wildman–Crippen LogP) is 2.14. The number of carbonyl (C=O) groups excluding carboxylic acids is 1. The topological polar surface area (TPSA) is 32.3 Å². The molecule has 18 heavy (non-hydrogen) atoms. The summed E-state index contributed by atoms with van der Waals surface area (Å²) in [4.78, 5) is 15.4. The van der Waals surface area contributed by atoms with E-state index in [1.807, 2.05) is 0 Å². The third-order valence-electron chi connectivity index (χ3n) is 3.38. The van der Waals surface area contributed by atoms with Crippen LogP contribution in [0.15, 0.2) is 17.5 Å². The fourth-order valence-corrected chi connectivity index (χ4v) is 3.18. The van der Waals surface area contributed by atoms with E-state index in [1.165, 1.54) is 17.7 Å². The molecule has 1 aliphatic heterocycles. The van der Waals surface area contributed by atoms with Gasteiger partial charge in [0.05, 0.1) is 6.54 Å². The molecule has 1 aliphatic rings. The summed E-state index contributed by atoms with van der Waals surface area (Å²) in [5.74, 6) is 0.901. The normalized spacial score (nSPS) is 20.8. The smallest absolute Gasteiger partial charge is 0.234 e. The number of nitrogens with zero attached hydrogens (tertiary/aromatic N) is 1. The number of piperidine rings is 1. The highest BCUT2D eigenvalue weighted by Gasteiger charge is 2.18. The van der Waals surface area contributed by atoms with E-state index >= 15 is 0 Å². The van der Waals surface area contributed by atoms with Gasteiger partial charge in [0.1, 0.15) is 0 Å². The molecule has 3 nitrogen and oxygen atoms in total. The first-order valence-corrected chi connectivity index (χ1v) is 7.63. The molecule has 0 bridgehead atoms. The first-order valence-electron chi connectivity index (χ1n) is 6.75. The second kappa shape index (κ2) is 6.90. The average Bonchev–Trinajstić information content (AvgIpc) is 2.82. The molecule has 1 fully saturated rings. The lowest BCUT2D eigenvalue weighted by atomic mass is 10.0. The minimum absolute atomic E-state index is 0.167. The Bertz CT molecular complexity index is 364. The van der Waals surface area contributed by atoms with Gasteiger partial charge < -0.3 is 5.32 Å². The molecule has 1 amide bonds. The van der Waals surface area contributed by atoms with E-state index in [9.17, 15) is 4.79 Å². The molecule has 0 spiro atoms. The molecular formula is C14H22N2OS. The number of likely N-dealkylation sites (tertiary alicyclic amines) is 1. The molecule has 4 heteroatoms. The van der Waals surface area contributed by atoms with Crippen LogP contribution >= 0.6 is 11.3 Å². The van der Waals surface area contributed by atoms with E-state index in [4.69, 9.17) is 0 Å². The second-order valence-corrected chi connectivity index (χ2v) is 6.19. The number of nitrogens with one attached hydrogen (secondary N) is 1. The number of hydrogen-bond donors (Lipinski definition) is 1. The van der Waals surface area contributed by atoms with E-state index in [0.29, 0.717) is 6.54 Å². The van der Waals surface area contributed by atoms with Gasteiger partial charge in [0.15, 0.2) is 0 Å². The van der Waals surface area contributed by atoms with E-state index in [0.717, 1.165) is 32.0 Å². The number of hydrogen-bond acceptors (Lipinski definition) is 3. The van der Waals surface area contributed by atoms with Gasteiger partial charge >= 0.3 is 0 Å². The molecule has 0 saturated carbocycles. The largest absolute Gasteiger partial charge is 0.355 e.